The lowest BCUT2D eigenvalue weighted by atomic mass is 10.1. The van der Waals surface area contributed by atoms with Crippen LogP contribution in [0.3, 0.4) is 0 Å². The number of nitrogens with zero attached hydrogens (tertiary/aromatic N) is 1. The highest BCUT2D eigenvalue weighted by atomic mass is 35.5. The lowest BCUT2D eigenvalue weighted by Crippen LogP contribution is -2.37. The van der Waals surface area contributed by atoms with Crippen LogP contribution in [0.4, 0.5) is 4.39 Å². The van der Waals surface area contributed by atoms with Gasteiger partial charge in [0.1, 0.15) is 17.3 Å². The highest BCUT2D eigenvalue weighted by Gasteiger charge is 2.12. The Kier molecular flexibility index (Phi) is 6.86. The Morgan fingerprint density at radius 1 is 1.15 bits per heavy atom. The van der Waals surface area contributed by atoms with Crippen molar-refractivity contribution < 1.29 is 13.9 Å². The van der Waals surface area contributed by atoms with Gasteiger partial charge in [-0.15, -0.1) is 0 Å². The van der Waals surface area contributed by atoms with Gasteiger partial charge in [0.05, 0.1) is 18.2 Å². The molecule has 1 fully saturated rings. The molecular weight excluding hydrogens is 355 g/mol. The zero-order chi connectivity index (χ0) is 18.4. The SMILES string of the molecule is CNCc1cc(CCN2CCOCC2)ccc1Oc1ccc(F)cc1Cl. The Morgan fingerprint density at radius 3 is 2.65 bits per heavy atom. The molecule has 1 saturated heterocycles. The van der Waals surface area contributed by atoms with Crippen LogP contribution in [-0.2, 0) is 17.7 Å². The van der Waals surface area contributed by atoms with E-state index in [0.29, 0.717) is 12.3 Å². The average Bonchev–Trinajstić information content (AvgIpc) is 2.65. The number of hydrogen-bond acceptors (Lipinski definition) is 4. The van der Waals surface area contributed by atoms with Gasteiger partial charge in [-0.3, -0.25) is 4.90 Å². The molecule has 0 bridgehead atoms. The van der Waals surface area contributed by atoms with E-state index in [1.54, 1.807) is 6.07 Å². The van der Waals surface area contributed by atoms with Gasteiger partial charge >= 0.3 is 0 Å². The summed E-state index contributed by atoms with van der Waals surface area (Å²) in [5.74, 6) is 0.797. The second kappa shape index (κ2) is 9.33. The third kappa shape index (κ3) is 5.17. The van der Waals surface area contributed by atoms with Gasteiger partial charge in [-0.1, -0.05) is 23.7 Å². The van der Waals surface area contributed by atoms with E-state index in [-0.39, 0.29) is 10.8 Å². The fourth-order valence-electron chi connectivity index (χ4n) is 3.00. The van der Waals surface area contributed by atoms with Crippen LogP contribution in [0.2, 0.25) is 5.02 Å². The molecule has 0 saturated carbocycles. The third-order valence-electron chi connectivity index (χ3n) is 4.43. The highest BCUT2D eigenvalue weighted by molar-refractivity contribution is 6.32. The van der Waals surface area contributed by atoms with Gasteiger partial charge in [-0.05, 0) is 43.3 Å². The van der Waals surface area contributed by atoms with E-state index in [9.17, 15) is 4.39 Å². The molecule has 1 heterocycles. The van der Waals surface area contributed by atoms with Crippen molar-refractivity contribution in [1.29, 1.82) is 0 Å². The molecule has 0 aromatic heterocycles. The molecule has 2 aromatic carbocycles. The molecule has 0 amide bonds. The normalized spacial score (nSPS) is 15.2. The molecule has 0 atom stereocenters. The maximum Gasteiger partial charge on any atom is 0.146 e. The zero-order valence-electron chi connectivity index (χ0n) is 14.9. The first kappa shape index (κ1) is 19.1. The van der Waals surface area contributed by atoms with Crippen molar-refractivity contribution in [3.8, 4) is 11.5 Å². The van der Waals surface area contributed by atoms with E-state index in [1.807, 2.05) is 13.1 Å². The highest BCUT2D eigenvalue weighted by Crippen LogP contribution is 2.32. The Balaban J connectivity index is 1.71. The molecule has 6 heteroatoms. The number of hydrogen-bond donors (Lipinski definition) is 1. The molecular formula is C20H24ClFN2O2. The number of rotatable bonds is 7. The molecule has 0 unspecified atom stereocenters. The summed E-state index contributed by atoms with van der Waals surface area (Å²) >= 11 is 6.08. The van der Waals surface area contributed by atoms with Gasteiger partial charge in [-0.2, -0.15) is 0 Å². The average molecular weight is 379 g/mol. The van der Waals surface area contributed by atoms with Crippen molar-refractivity contribution in [2.45, 2.75) is 13.0 Å². The molecule has 1 N–H and O–H groups in total. The summed E-state index contributed by atoms with van der Waals surface area (Å²) in [4.78, 5) is 2.42. The predicted octanol–water partition coefficient (Wildman–Crippen LogP) is 3.87. The van der Waals surface area contributed by atoms with Gasteiger partial charge < -0.3 is 14.8 Å². The fraction of sp³-hybridized carbons (Fsp3) is 0.400. The lowest BCUT2D eigenvalue weighted by molar-refractivity contribution is 0.0384. The van der Waals surface area contributed by atoms with Crippen molar-refractivity contribution in [3.05, 3.63) is 58.4 Å². The maximum absolute atomic E-state index is 13.2. The summed E-state index contributed by atoms with van der Waals surface area (Å²) in [5, 5.41) is 3.43. The summed E-state index contributed by atoms with van der Waals surface area (Å²) in [6.45, 7) is 5.32. The fourth-order valence-corrected chi connectivity index (χ4v) is 3.21. The van der Waals surface area contributed by atoms with Crippen LogP contribution >= 0.6 is 11.6 Å². The smallest absolute Gasteiger partial charge is 0.146 e. The Labute approximate surface area is 158 Å². The first-order chi connectivity index (χ1) is 12.7. The minimum absolute atomic E-state index is 0.261. The number of ether oxygens (including phenoxy) is 2. The monoisotopic (exact) mass is 378 g/mol. The van der Waals surface area contributed by atoms with E-state index >= 15 is 0 Å². The van der Waals surface area contributed by atoms with Crippen LogP contribution in [-0.4, -0.2) is 44.8 Å². The van der Waals surface area contributed by atoms with Crippen LogP contribution in [0.5, 0.6) is 11.5 Å². The molecule has 3 rings (SSSR count). The minimum atomic E-state index is -0.378. The van der Waals surface area contributed by atoms with Gasteiger partial charge in [0.15, 0.2) is 0 Å². The standard InChI is InChI=1S/C20H24ClFN2O2/c1-23-14-16-12-15(6-7-24-8-10-25-11-9-24)2-4-19(16)26-20-5-3-17(22)13-18(20)21/h2-5,12-13,23H,6-11,14H2,1H3. The van der Waals surface area contributed by atoms with Crippen LogP contribution in [0.15, 0.2) is 36.4 Å². The Bertz CT molecular complexity index is 736. The summed E-state index contributed by atoms with van der Waals surface area (Å²) in [6, 6.07) is 10.3. The van der Waals surface area contributed by atoms with Crippen LogP contribution in [0, 0.1) is 5.82 Å². The number of morpholine rings is 1. The summed E-state index contributed by atoms with van der Waals surface area (Å²) in [5.41, 5.74) is 2.31. The minimum Gasteiger partial charge on any atom is -0.455 e. The van der Waals surface area contributed by atoms with E-state index in [1.165, 1.54) is 17.7 Å². The summed E-state index contributed by atoms with van der Waals surface area (Å²) < 4.78 is 24.5. The summed E-state index contributed by atoms with van der Waals surface area (Å²) in [7, 11) is 1.90. The van der Waals surface area contributed by atoms with Gasteiger partial charge in [0.25, 0.3) is 0 Å². The first-order valence-electron chi connectivity index (χ1n) is 8.85. The van der Waals surface area contributed by atoms with Crippen molar-refractivity contribution in [2.75, 3.05) is 39.9 Å². The van der Waals surface area contributed by atoms with Gasteiger partial charge in [0, 0.05) is 31.7 Å². The second-order valence-corrected chi connectivity index (χ2v) is 6.76. The maximum atomic E-state index is 13.2. The predicted molar refractivity (Wildman–Crippen MR) is 102 cm³/mol. The molecule has 1 aliphatic heterocycles. The second-order valence-electron chi connectivity index (χ2n) is 6.35. The van der Waals surface area contributed by atoms with Gasteiger partial charge in [-0.25, -0.2) is 4.39 Å². The van der Waals surface area contributed by atoms with Crippen molar-refractivity contribution in [3.63, 3.8) is 0 Å². The quantitative estimate of drug-likeness (QED) is 0.793. The number of halogens is 2. The number of nitrogens with one attached hydrogen (secondary N) is 1. The molecule has 0 spiro atoms. The molecule has 0 radical (unpaired) electrons. The molecule has 0 aliphatic carbocycles. The Morgan fingerprint density at radius 2 is 1.92 bits per heavy atom. The van der Waals surface area contributed by atoms with Crippen LogP contribution in [0.25, 0.3) is 0 Å². The van der Waals surface area contributed by atoms with E-state index in [0.717, 1.165) is 50.6 Å². The summed E-state index contributed by atoms with van der Waals surface area (Å²) in [6.07, 6.45) is 0.980. The number of benzene rings is 2. The van der Waals surface area contributed by atoms with Crippen molar-refractivity contribution in [1.82, 2.24) is 10.2 Å². The molecule has 2 aromatic rings. The zero-order valence-corrected chi connectivity index (χ0v) is 15.7. The Hall–Kier alpha value is -1.66. The van der Waals surface area contributed by atoms with E-state index in [2.05, 4.69) is 22.3 Å². The van der Waals surface area contributed by atoms with Crippen LogP contribution in [0.1, 0.15) is 11.1 Å². The van der Waals surface area contributed by atoms with Gasteiger partial charge in [0.2, 0.25) is 0 Å². The van der Waals surface area contributed by atoms with Crippen LogP contribution < -0.4 is 10.1 Å². The topological polar surface area (TPSA) is 33.7 Å². The third-order valence-corrected chi connectivity index (χ3v) is 4.72. The van der Waals surface area contributed by atoms with Crippen molar-refractivity contribution >= 4 is 11.6 Å². The first-order valence-corrected chi connectivity index (χ1v) is 9.23. The molecule has 4 nitrogen and oxygen atoms in total. The molecule has 1 aliphatic rings. The van der Waals surface area contributed by atoms with E-state index < -0.39 is 0 Å². The lowest BCUT2D eigenvalue weighted by Gasteiger charge is -2.26. The molecule has 26 heavy (non-hydrogen) atoms. The van der Waals surface area contributed by atoms with E-state index in [4.69, 9.17) is 21.1 Å². The van der Waals surface area contributed by atoms with Crippen molar-refractivity contribution in [2.24, 2.45) is 0 Å². The largest absolute Gasteiger partial charge is 0.455 e. The molecule has 140 valence electrons.